The average molecular weight is 314 g/mol. The van der Waals surface area contributed by atoms with Gasteiger partial charge in [-0.1, -0.05) is 12.1 Å². The first-order valence-electron chi connectivity index (χ1n) is 8.56. The normalized spacial score (nSPS) is 16.6. The molecule has 0 amide bonds. The number of hydrogen-bond donors (Lipinski definition) is 1. The van der Waals surface area contributed by atoms with Gasteiger partial charge < -0.3 is 14.5 Å². The molecule has 4 heteroatoms. The summed E-state index contributed by atoms with van der Waals surface area (Å²) in [6.45, 7) is 6.80. The minimum Gasteiger partial charge on any atom is -0.494 e. The first-order chi connectivity index (χ1) is 11.4. The molecule has 23 heavy (non-hydrogen) atoms. The molecule has 4 nitrogen and oxygen atoms in total. The summed E-state index contributed by atoms with van der Waals surface area (Å²) in [7, 11) is 0. The van der Waals surface area contributed by atoms with E-state index in [1.807, 2.05) is 25.1 Å². The van der Waals surface area contributed by atoms with E-state index in [1.165, 1.54) is 18.4 Å². The molecule has 1 fully saturated rings. The Labute approximate surface area is 138 Å². The highest BCUT2D eigenvalue weighted by Gasteiger charge is 2.24. The highest BCUT2D eigenvalue weighted by molar-refractivity contribution is 5.27. The molecule has 0 bridgehead atoms. The highest BCUT2D eigenvalue weighted by Crippen LogP contribution is 2.25. The van der Waals surface area contributed by atoms with E-state index in [0.29, 0.717) is 12.6 Å². The molecule has 0 spiro atoms. The van der Waals surface area contributed by atoms with Crippen molar-refractivity contribution in [2.24, 2.45) is 0 Å². The van der Waals surface area contributed by atoms with Crippen LogP contribution in [0.25, 0.3) is 0 Å². The molecular weight excluding hydrogens is 288 g/mol. The molecule has 2 aromatic rings. The smallest absolute Gasteiger partial charge is 0.122 e. The highest BCUT2D eigenvalue weighted by atomic mass is 16.5. The van der Waals surface area contributed by atoms with Crippen molar-refractivity contribution in [2.75, 3.05) is 26.2 Å². The molecule has 1 unspecified atom stereocenters. The minimum absolute atomic E-state index is 0.329. The zero-order valence-corrected chi connectivity index (χ0v) is 13.8. The van der Waals surface area contributed by atoms with Crippen LogP contribution in [0.2, 0.25) is 0 Å². The lowest BCUT2D eigenvalue weighted by molar-refractivity contribution is 0.209. The number of benzene rings is 1. The van der Waals surface area contributed by atoms with E-state index in [1.54, 1.807) is 6.26 Å². The molecule has 0 saturated carbocycles. The van der Waals surface area contributed by atoms with Crippen LogP contribution in [0.3, 0.4) is 0 Å². The Balaban J connectivity index is 1.54. The minimum atomic E-state index is 0.329. The maximum Gasteiger partial charge on any atom is 0.122 e. The van der Waals surface area contributed by atoms with E-state index < -0.39 is 0 Å². The van der Waals surface area contributed by atoms with Crippen molar-refractivity contribution in [1.29, 1.82) is 0 Å². The lowest BCUT2D eigenvalue weighted by Gasteiger charge is -2.26. The van der Waals surface area contributed by atoms with Gasteiger partial charge in [0.15, 0.2) is 0 Å². The average Bonchev–Trinajstić information content (AvgIpc) is 3.27. The van der Waals surface area contributed by atoms with Crippen molar-refractivity contribution in [3.05, 3.63) is 54.0 Å². The van der Waals surface area contributed by atoms with Crippen LogP contribution in [0, 0.1) is 0 Å². The number of nitrogens with one attached hydrogen (secondary N) is 1. The van der Waals surface area contributed by atoms with E-state index in [-0.39, 0.29) is 0 Å². The van der Waals surface area contributed by atoms with Crippen molar-refractivity contribution in [2.45, 2.75) is 32.4 Å². The maximum absolute atomic E-state index is 5.66. The summed E-state index contributed by atoms with van der Waals surface area (Å²) in [5.74, 6) is 1.99. The Hall–Kier alpha value is -1.78. The van der Waals surface area contributed by atoms with E-state index in [9.17, 15) is 0 Å². The van der Waals surface area contributed by atoms with E-state index >= 15 is 0 Å². The second-order valence-electron chi connectivity index (χ2n) is 5.98. The van der Waals surface area contributed by atoms with Gasteiger partial charge in [0.25, 0.3) is 0 Å². The number of rotatable bonds is 8. The van der Waals surface area contributed by atoms with Crippen molar-refractivity contribution >= 4 is 0 Å². The van der Waals surface area contributed by atoms with Crippen LogP contribution in [0.4, 0.5) is 0 Å². The summed E-state index contributed by atoms with van der Waals surface area (Å²) in [5, 5.41) is 3.58. The number of likely N-dealkylation sites (tertiary alicyclic amines) is 1. The molecule has 0 aliphatic carbocycles. The van der Waals surface area contributed by atoms with Crippen molar-refractivity contribution in [3.63, 3.8) is 0 Å². The Kier molecular flexibility index (Phi) is 5.72. The summed E-state index contributed by atoms with van der Waals surface area (Å²) >= 11 is 0. The van der Waals surface area contributed by atoms with Crippen LogP contribution in [-0.2, 0) is 6.54 Å². The molecule has 124 valence electrons. The van der Waals surface area contributed by atoms with Crippen LogP contribution in [0.15, 0.2) is 47.1 Å². The summed E-state index contributed by atoms with van der Waals surface area (Å²) in [6, 6.07) is 12.7. The van der Waals surface area contributed by atoms with E-state index in [2.05, 4.69) is 28.4 Å². The molecule has 1 saturated heterocycles. The number of nitrogens with zero attached hydrogens (tertiary/aromatic N) is 1. The Bertz CT molecular complexity index is 560. The van der Waals surface area contributed by atoms with Gasteiger partial charge in [0.05, 0.1) is 18.9 Å². The molecule has 1 aliphatic heterocycles. The summed E-state index contributed by atoms with van der Waals surface area (Å²) in [5.41, 5.74) is 1.27. The van der Waals surface area contributed by atoms with Crippen LogP contribution >= 0.6 is 0 Å². The topological polar surface area (TPSA) is 37.6 Å². The fourth-order valence-electron chi connectivity index (χ4n) is 3.17. The quantitative estimate of drug-likeness (QED) is 0.808. The van der Waals surface area contributed by atoms with Gasteiger partial charge in [-0.15, -0.1) is 0 Å². The molecule has 1 N–H and O–H groups in total. The van der Waals surface area contributed by atoms with Crippen LogP contribution in [-0.4, -0.2) is 31.1 Å². The Morgan fingerprint density at radius 1 is 1.17 bits per heavy atom. The van der Waals surface area contributed by atoms with Crippen molar-refractivity contribution in [1.82, 2.24) is 10.2 Å². The number of hydrogen-bond acceptors (Lipinski definition) is 4. The van der Waals surface area contributed by atoms with Crippen LogP contribution in [0.1, 0.15) is 37.1 Å². The van der Waals surface area contributed by atoms with Gasteiger partial charge >= 0.3 is 0 Å². The molecule has 1 aromatic carbocycles. The van der Waals surface area contributed by atoms with Crippen molar-refractivity contribution in [3.8, 4) is 5.75 Å². The first-order valence-corrected chi connectivity index (χ1v) is 8.56. The number of furan rings is 1. The lowest BCUT2D eigenvalue weighted by Crippen LogP contribution is -2.33. The van der Waals surface area contributed by atoms with E-state index in [0.717, 1.165) is 37.7 Å². The molecule has 1 aromatic heterocycles. The predicted molar refractivity (Wildman–Crippen MR) is 91.6 cm³/mol. The Morgan fingerprint density at radius 3 is 2.61 bits per heavy atom. The lowest BCUT2D eigenvalue weighted by atomic mass is 10.1. The second kappa shape index (κ2) is 8.18. The zero-order valence-electron chi connectivity index (χ0n) is 13.8. The molecule has 1 atom stereocenters. The van der Waals surface area contributed by atoms with Crippen LogP contribution < -0.4 is 10.1 Å². The molecule has 3 rings (SSSR count). The fraction of sp³-hybridized carbons (Fsp3) is 0.474. The summed E-state index contributed by atoms with van der Waals surface area (Å²) in [4.78, 5) is 2.52. The monoisotopic (exact) mass is 314 g/mol. The third-order valence-corrected chi connectivity index (χ3v) is 4.35. The van der Waals surface area contributed by atoms with Gasteiger partial charge in [-0.3, -0.25) is 4.90 Å². The second-order valence-corrected chi connectivity index (χ2v) is 5.98. The third-order valence-electron chi connectivity index (χ3n) is 4.35. The molecule has 1 aliphatic rings. The molecular formula is C19H26N2O2. The van der Waals surface area contributed by atoms with Crippen LogP contribution in [0.5, 0.6) is 5.75 Å². The van der Waals surface area contributed by atoms with E-state index in [4.69, 9.17) is 9.15 Å². The standard InChI is InChI=1S/C19H26N2O2/c1-2-22-17-9-7-16(8-10-17)14-20-15-18(19-6-5-13-23-19)21-11-3-4-12-21/h5-10,13,18,20H,2-4,11-12,14-15H2,1H3. The maximum atomic E-state index is 5.66. The third kappa shape index (κ3) is 4.36. The SMILES string of the molecule is CCOc1ccc(CNCC(c2ccco2)N2CCCC2)cc1. The summed E-state index contributed by atoms with van der Waals surface area (Å²) in [6.07, 6.45) is 4.34. The van der Waals surface area contributed by atoms with Gasteiger partial charge in [0.2, 0.25) is 0 Å². The predicted octanol–water partition coefficient (Wildman–Crippen LogP) is 3.61. The molecule has 0 radical (unpaired) electrons. The van der Waals surface area contributed by atoms with Crippen molar-refractivity contribution < 1.29 is 9.15 Å². The first kappa shape index (κ1) is 16.1. The van der Waals surface area contributed by atoms with Gasteiger partial charge in [-0.05, 0) is 62.7 Å². The number of ether oxygens (including phenoxy) is 1. The Morgan fingerprint density at radius 2 is 1.96 bits per heavy atom. The fourth-order valence-corrected chi connectivity index (χ4v) is 3.17. The van der Waals surface area contributed by atoms with Gasteiger partial charge in [0.1, 0.15) is 11.5 Å². The van der Waals surface area contributed by atoms with Gasteiger partial charge in [-0.2, -0.15) is 0 Å². The zero-order chi connectivity index (χ0) is 15.9. The van der Waals surface area contributed by atoms with Gasteiger partial charge in [0, 0.05) is 13.1 Å². The van der Waals surface area contributed by atoms with Gasteiger partial charge in [-0.25, -0.2) is 0 Å². The summed E-state index contributed by atoms with van der Waals surface area (Å²) < 4.78 is 11.1. The molecule has 2 heterocycles. The largest absolute Gasteiger partial charge is 0.494 e.